The summed E-state index contributed by atoms with van der Waals surface area (Å²) in [6.45, 7) is 2.21. The molecule has 1 nitrogen and oxygen atoms in total. The molecular formula is C33H21N. The Labute approximate surface area is 197 Å². The second-order valence-corrected chi connectivity index (χ2v) is 9.46. The van der Waals surface area contributed by atoms with Gasteiger partial charge in [-0.1, -0.05) is 84.9 Å². The maximum atomic E-state index is 2.46. The molecule has 7 aromatic rings. The Morgan fingerprint density at radius 3 is 1.91 bits per heavy atom. The summed E-state index contributed by atoms with van der Waals surface area (Å²) in [6.07, 6.45) is 0. The van der Waals surface area contributed by atoms with E-state index >= 15 is 0 Å². The van der Waals surface area contributed by atoms with Gasteiger partial charge in [-0.25, -0.2) is 0 Å². The van der Waals surface area contributed by atoms with Crippen LogP contribution in [0.1, 0.15) is 5.56 Å². The Bertz CT molecular complexity index is 1860. The first-order valence-electron chi connectivity index (χ1n) is 11.9. The standard InChI is InChI=1S/C33H21N/c1-20-12-17-28-27-8-2-3-10-29(27)34(30-11-5-9-26(20)33(28)30)25-18-23-15-13-21-6-4-7-22-14-16-24(19-25)32(23)31(21)22/h2-19H,1H3. The summed E-state index contributed by atoms with van der Waals surface area (Å²) < 4.78 is 0. The van der Waals surface area contributed by atoms with Crippen molar-refractivity contribution in [1.29, 1.82) is 0 Å². The van der Waals surface area contributed by atoms with E-state index in [1.807, 2.05) is 0 Å². The van der Waals surface area contributed by atoms with Crippen LogP contribution in [0.5, 0.6) is 0 Å². The van der Waals surface area contributed by atoms with Crippen molar-refractivity contribution in [3.63, 3.8) is 0 Å². The average molecular weight is 432 g/mol. The molecule has 0 radical (unpaired) electrons. The molecule has 1 aliphatic rings. The lowest BCUT2D eigenvalue weighted by Gasteiger charge is -2.34. The van der Waals surface area contributed by atoms with E-state index in [-0.39, 0.29) is 0 Å². The predicted molar refractivity (Wildman–Crippen MR) is 146 cm³/mol. The van der Waals surface area contributed by atoms with Gasteiger partial charge in [-0.15, -0.1) is 0 Å². The smallest absolute Gasteiger partial charge is 0.0546 e. The van der Waals surface area contributed by atoms with Gasteiger partial charge in [-0.3, -0.25) is 0 Å². The Morgan fingerprint density at radius 1 is 0.471 bits per heavy atom. The van der Waals surface area contributed by atoms with Crippen LogP contribution in [-0.2, 0) is 0 Å². The minimum absolute atomic E-state index is 1.21. The third-order valence-corrected chi connectivity index (χ3v) is 7.62. The molecule has 0 saturated carbocycles. The van der Waals surface area contributed by atoms with Gasteiger partial charge in [0.15, 0.2) is 0 Å². The molecule has 0 spiro atoms. The molecule has 1 heteroatoms. The molecule has 0 aromatic heterocycles. The fourth-order valence-corrected chi connectivity index (χ4v) is 6.11. The van der Waals surface area contributed by atoms with Crippen molar-refractivity contribution in [2.24, 2.45) is 0 Å². The summed E-state index contributed by atoms with van der Waals surface area (Å²) in [5.74, 6) is 0. The number of hydrogen-bond acceptors (Lipinski definition) is 1. The van der Waals surface area contributed by atoms with E-state index in [0.29, 0.717) is 0 Å². The molecule has 0 N–H and O–H groups in total. The van der Waals surface area contributed by atoms with Crippen molar-refractivity contribution in [3.8, 4) is 11.1 Å². The summed E-state index contributed by atoms with van der Waals surface area (Å²) >= 11 is 0. The second-order valence-electron chi connectivity index (χ2n) is 9.46. The van der Waals surface area contributed by atoms with Crippen LogP contribution in [0.4, 0.5) is 17.1 Å². The fraction of sp³-hybridized carbons (Fsp3) is 0.0303. The quantitative estimate of drug-likeness (QED) is 0.234. The number of nitrogens with zero attached hydrogens (tertiary/aromatic N) is 1. The third-order valence-electron chi connectivity index (χ3n) is 7.62. The van der Waals surface area contributed by atoms with Crippen LogP contribution < -0.4 is 4.90 Å². The number of aryl methyl sites for hydroxylation is 1. The Morgan fingerprint density at radius 2 is 1.12 bits per heavy atom. The van der Waals surface area contributed by atoms with E-state index in [0.717, 1.165) is 0 Å². The number of fused-ring (bicyclic) bond motifs is 2. The highest BCUT2D eigenvalue weighted by Gasteiger charge is 2.26. The molecular weight excluding hydrogens is 410 g/mol. The fourth-order valence-electron chi connectivity index (χ4n) is 6.11. The van der Waals surface area contributed by atoms with Gasteiger partial charge in [-0.2, -0.15) is 0 Å². The van der Waals surface area contributed by atoms with Crippen LogP contribution in [0.2, 0.25) is 0 Å². The molecule has 0 aliphatic carbocycles. The molecule has 1 aliphatic heterocycles. The molecule has 0 unspecified atom stereocenters. The number of anilines is 3. The van der Waals surface area contributed by atoms with Crippen LogP contribution in [0.3, 0.4) is 0 Å². The minimum Gasteiger partial charge on any atom is -0.309 e. The second kappa shape index (κ2) is 6.36. The van der Waals surface area contributed by atoms with E-state index in [9.17, 15) is 0 Å². The SMILES string of the molecule is Cc1ccc2c3c(cccc13)N(c1cc3ccc4cccc5ccc(c1)c3c45)c1ccccc1-2. The molecule has 1 heterocycles. The largest absolute Gasteiger partial charge is 0.309 e. The van der Waals surface area contributed by atoms with Crippen molar-refractivity contribution in [2.45, 2.75) is 6.92 Å². The molecule has 0 fully saturated rings. The van der Waals surface area contributed by atoms with Crippen LogP contribution in [0.25, 0.3) is 54.2 Å². The monoisotopic (exact) mass is 431 g/mol. The highest BCUT2D eigenvalue weighted by molar-refractivity contribution is 6.24. The maximum absolute atomic E-state index is 2.46. The van der Waals surface area contributed by atoms with E-state index < -0.39 is 0 Å². The van der Waals surface area contributed by atoms with Crippen molar-refractivity contribution in [2.75, 3.05) is 4.90 Å². The highest BCUT2D eigenvalue weighted by Crippen LogP contribution is 2.52. The van der Waals surface area contributed by atoms with E-state index in [1.54, 1.807) is 0 Å². The first-order chi connectivity index (χ1) is 16.8. The summed E-state index contributed by atoms with van der Waals surface area (Å²) in [6, 6.07) is 40.5. The van der Waals surface area contributed by atoms with Crippen molar-refractivity contribution in [1.82, 2.24) is 0 Å². The van der Waals surface area contributed by atoms with E-state index in [2.05, 4.69) is 121 Å². The van der Waals surface area contributed by atoms with Crippen molar-refractivity contribution >= 4 is 60.2 Å². The molecule has 0 saturated heterocycles. The zero-order chi connectivity index (χ0) is 22.4. The van der Waals surface area contributed by atoms with Crippen LogP contribution in [0, 0.1) is 6.92 Å². The molecule has 0 atom stereocenters. The molecule has 34 heavy (non-hydrogen) atoms. The summed E-state index contributed by atoms with van der Waals surface area (Å²) in [5.41, 5.74) is 7.62. The van der Waals surface area contributed by atoms with E-state index in [1.165, 1.54) is 76.8 Å². The van der Waals surface area contributed by atoms with E-state index in [4.69, 9.17) is 0 Å². The molecule has 8 rings (SSSR count). The Hall–Kier alpha value is -4.36. The lowest BCUT2D eigenvalue weighted by molar-refractivity contribution is 1.29. The first kappa shape index (κ1) is 18.1. The van der Waals surface area contributed by atoms with Gasteiger partial charge in [0.1, 0.15) is 0 Å². The lowest BCUT2D eigenvalue weighted by atomic mass is 9.88. The zero-order valence-corrected chi connectivity index (χ0v) is 18.8. The molecule has 7 aromatic carbocycles. The van der Waals surface area contributed by atoms with Crippen molar-refractivity contribution < 1.29 is 0 Å². The maximum Gasteiger partial charge on any atom is 0.0546 e. The molecule has 0 amide bonds. The number of para-hydroxylation sites is 1. The topological polar surface area (TPSA) is 3.24 Å². The predicted octanol–water partition coefficient (Wildman–Crippen LogP) is 9.50. The van der Waals surface area contributed by atoms with Gasteiger partial charge in [0.2, 0.25) is 0 Å². The van der Waals surface area contributed by atoms with Gasteiger partial charge >= 0.3 is 0 Å². The Balaban J connectivity index is 1.50. The van der Waals surface area contributed by atoms with Gasteiger partial charge in [-0.05, 0) is 80.0 Å². The lowest BCUT2D eigenvalue weighted by Crippen LogP contribution is -2.15. The van der Waals surface area contributed by atoms with Gasteiger partial charge in [0, 0.05) is 16.6 Å². The molecule has 158 valence electrons. The van der Waals surface area contributed by atoms with Crippen LogP contribution >= 0.6 is 0 Å². The van der Waals surface area contributed by atoms with Gasteiger partial charge < -0.3 is 4.90 Å². The molecule has 0 bridgehead atoms. The summed E-state index contributed by atoms with van der Waals surface area (Å²) in [4.78, 5) is 2.46. The summed E-state index contributed by atoms with van der Waals surface area (Å²) in [5, 5.41) is 10.6. The average Bonchev–Trinajstić information content (AvgIpc) is 2.89. The van der Waals surface area contributed by atoms with Crippen molar-refractivity contribution in [3.05, 3.63) is 115 Å². The normalized spacial score (nSPS) is 12.8. The van der Waals surface area contributed by atoms with Gasteiger partial charge in [0.25, 0.3) is 0 Å². The Kier molecular flexibility index (Phi) is 3.39. The number of benzene rings is 7. The minimum atomic E-state index is 1.21. The van der Waals surface area contributed by atoms with Crippen LogP contribution in [0.15, 0.2) is 109 Å². The van der Waals surface area contributed by atoms with Gasteiger partial charge in [0.05, 0.1) is 11.4 Å². The summed E-state index contributed by atoms with van der Waals surface area (Å²) in [7, 11) is 0. The first-order valence-corrected chi connectivity index (χ1v) is 11.9. The highest BCUT2D eigenvalue weighted by atomic mass is 15.2. The zero-order valence-electron chi connectivity index (χ0n) is 18.8. The number of rotatable bonds is 1. The van der Waals surface area contributed by atoms with Crippen LogP contribution in [-0.4, -0.2) is 0 Å². The third kappa shape index (κ3) is 2.24. The number of hydrogen-bond donors (Lipinski definition) is 0.